The molecule has 8 heteroatoms. The van der Waals surface area contributed by atoms with Crippen molar-refractivity contribution in [2.75, 3.05) is 0 Å². The van der Waals surface area contributed by atoms with Gasteiger partial charge in [-0.2, -0.15) is 18.3 Å². The van der Waals surface area contributed by atoms with Crippen molar-refractivity contribution in [1.29, 1.82) is 0 Å². The molecule has 2 aromatic rings. The van der Waals surface area contributed by atoms with Gasteiger partial charge in [0.25, 0.3) is 6.43 Å². The van der Waals surface area contributed by atoms with Gasteiger partial charge in [0.05, 0.1) is 10.6 Å². The molecule has 1 heterocycles. The van der Waals surface area contributed by atoms with Crippen molar-refractivity contribution in [3.8, 4) is 0 Å². The first-order valence-electron chi connectivity index (χ1n) is 5.44. The monoisotopic (exact) mass is 308 g/mol. The summed E-state index contributed by atoms with van der Waals surface area (Å²) in [6.45, 7) is 0. The van der Waals surface area contributed by atoms with E-state index in [2.05, 4.69) is 5.10 Å². The number of rotatable bonds is 3. The second kappa shape index (κ2) is 5.43. The van der Waals surface area contributed by atoms with Gasteiger partial charge >= 0.3 is 6.18 Å². The molecule has 2 nitrogen and oxygen atoms in total. The van der Waals surface area contributed by atoms with Crippen molar-refractivity contribution in [1.82, 2.24) is 9.78 Å². The maximum Gasteiger partial charge on any atom is 0.416 e. The number of hydrogen-bond acceptors (Lipinski definition) is 2. The lowest BCUT2D eigenvalue weighted by atomic mass is 10.2. The van der Waals surface area contributed by atoms with Crippen LogP contribution in [0.4, 0.5) is 22.0 Å². The van der Waals surface area contributed by atoms with Gasteiger partial charge in [0, 0.05) is 11.9 Å². The van der Waals surface area contributed by atoms with Crippen LogP contribution in [0.5, 0.6) is 0 Å². The Morgan fingerprint density at radius 1 is 1.20 bits per heavy atom. The van der Waals surface area contributed by atoms with E-state index in [0.29, 0.717) is 9.92 Å². The van der Waals surface area contributed by atoms with E-state index in [4.69, 9.17) is 0 Å². The van der Waals surface area contributed by atoms with Crippen LogP contribution in [0.1, 0.15) is 17.7 Å². The minimum Gasteiger partial charge on any atom is -0.261 e. The molecule has 0 saturated carbocycles. The van der Waals surface area contributed by atoms with Crippen LogP contribution in [0.3, 0.4) is 0 Å². The molecule has 0 bridgehead atoms. The summed E-state index contributed by atoms with van der Waals surface area (Å²) in [4.78, 5) is 0.309. The molecule has 0 aliphatic heterocycles. The molecule has 0 atom stereocenters. The Balaban J connectivity index is 2.26. The van der Waals surface area contributed by atoms with Crippen LogP contribution in [0.15, 0.2) is 40.3 Å². The van der Waals surface area contributed by atoms with Crippen molar-refractivity contribution in [2.24, 2.45) is 7.05 Å². The minimum atomic E-state index is -4.43. The average molecular weight is 308 g/mol. The highest BCUT2D eigenvalue weighted by molar-refractivity contribution is 7.99. The van der Waals surface area contributed by atoms with Crippen LogP contribution in [0.25, 0.3) is 0 Å². The fraction of sp³-hybridized carbons (Fsp3) is 0.250. The van der Waals surface area contributed by atoms with E-state index in [-0.39, 0.29) is 0 Å². The Kier molecular flexibility index (Phi) is 4.03. The number of alkyl halides is 5. The second-order valence-electron chi connectivity index (χ2n) is 3.96. The highest BCUT2D eigenvalue weighted by atomic mass is 32.2. The minimum absolute atomic E-state index is 0.309. The second-order valence-corrected chi connectivity index (χ2v) is 5.05. The van der Waals surface area contributed by atoms with Crippen LogP contribution in [0.2, 0.25) is 0 Å². The van der Waals surface area contributed by atoms with Crippen LogP contribution < -0.4 is 0 Å². The average Bonchev–Trinajstić information content (AvgIpc) is 2.70. The summed E-state index contributed by atoms with van der Waals surface area (Å²) in [5.41, 5.74) is -1.18. The first-order valence-corrected chi connectivity index (χ1v) is 6.26. The van der Waals surface area contributed by atoms with Gasteiger partial charge in [0.15, 0.2) is 0 Å². The zero-order valence-corrected chi connectivity index (χ0v) is 11.0. The van der Waals surface area contributed by atoms with E-state index >= 15 is 0 Å². The molecule has 0 spiro atoms. The zero-order valence-electron chi connectivity index (χ0n) is 10.2. The van der Waals surface area contributed by atoms with Gasteiger partial charge < -0.3 is 0 Å². The van der Waals surface area contributed by atoms with Gasteiger partial charge in [-0.1, -0.05) is 17.8 Å². The Morgan fingerprint density at radius 2 is 1.90 bits per heavy atom. The Morgan fingerprint density at radius 3 is 2.45 bits per heavy atom. The summed E-state index contributed by atoms with van der Waals surface area (Å²) >= 11 is 0.950. The third-order valence-corrected chi connectivity index (χ3v) is 3.54. The quantitative estimate of drug-likeness (QED) is 0.775. The van der Waals surface area contributed by atoms with Gasteiger partial charge in [-0.05, 0) is 24.3 Å². The molecule has 0 unspecified atom stereocenters. The molecular weight excluding hydrogens is 299 g/mol. The molecule has 2 rings (SSSR count). The van der Waals surface area contributed by atoms with Crippen LogP contribution >= 0.6 is 11.8 Å². The third kappa shape index (κ3) is 3.30. The van der Waals surface area contributed by atoms with E-state index in [9.17, 15) is 22.0 Å². The smallest absolute Gasteiger partial charge is 0.261 e. The van der Waals surface area contributed by atoms with E-state index < -0.39 is 23.9 Å². The first kappa shape index (κ1) is 14.8. The fourth-order valence-corrected chi connectivity index (χ4v) is 2.46. The predicted molar refractivity (Wildman–Crippen MR) is 63.7 cm³/mol. The van der Waals surface area contributed by atoms with Crippen LogP contribution in [0, 0.1) is 0 Å². The Bertz CT molecular complexity index is 606. The van der Waals surface area contributed by atoms with Gasteiger partial charge in [0.2, 0.25) is 0 Å². The summed E-state index contributed by atoms with van der Waals surface area (Å²) in [7, 11) is 1.46. The molecule has 0 saturated heterocycles. The van der Waals surface area contributed by atoms with Crippen molar-refractivity contribution < 1.29 is 22.0 Å². The Hall–Kier alpha value is -1.57. The molecule has 0 fully saturated rings. The van der Waals surface area contributed by atoms with Crippen LogP contribution in [-0.2, 0) is 13.2 Å². The maximum atomic E-state index is 12.6. The first-order chi connectivity index (χ1) is 9.27. The third-order valence-electron chi connectivity index (χ3n) is 2.46. The molecule has 0 N–H and O–H groups in total. The van der Waals surface area contributed by atoms with Crippen molar-refractivity contribution in [3.05, 3.63) is 41.6 Å². The number of benzene rings is 1. The SMILES string of the molecule is Cn1nc(C(F)F)cc1Sc1cccc(C(F)(F)F)c1. The standard InChI is InChI=1S/C12H9F5N2S/c1-19-10(6-9(18-19)11(13)14)20-8-4-2-3-7(5-8)12(15,16)17/h2-6,11H,1H3. The van der Waals surface area contributed by atoms with Crippen molar-refractivity contribution in [3.63, 3.8) is 0 Å². The maximum absolute atomic E-state index is 12.6. The number of aromatic nitrogens is 2. The largest absolute Gasteiger partial charge is 0.416 e. The number of halogens is 5. The summed E-state index contributed by atoms with van der Waals surface area (Å²) in [6, 6.07) is 5.84. The molecule has 1 aromatic heterocycles. The highest BCUT2D eigenvalue weighted by Crippen LogP contribution is 2.35. The van der Waals surface area contributed by atoms with E-state index in [1.54, 1.807) is 0 Å². The highest BCUT2D eigenvalue weighted by Gasteiger charge is 2.30. The van der Waals surface area contributed by atoms with Gasteiger partial charge in [-0.15, -0.1) is 0 Å². The lowest BCUT2D eigenvalue weighted by Gasteiger charge is -2.08. The van der Waals surface area contributed by atoms with Gasteiger partial charge in [0.1, 0.15) is 5.69 Å². The molecule has 0 amide bonds. The summed E-state index contributed by atoms with van der Waals surface area (Å²) in [5, 5.41) is 3.95. The fourth-order valence-electron chi connectivity index (χ4n) is 1.53. The number of aryl methyl sites for hydroxylation is 1. The van der Waals surface area contributed by atoms with Crippen molar-refractivity contribution in [2.45, 2.75) is 22.5 Å². The summed E-state index contributed by atoms with van der Waals surface area (Å²) < 4.78 is 63.9. The normalized spacial score (nSPS) is 12.2. The number of nitrogens with zero attached hydrogens (tertiary/aromatic N) is 2. The molecule has 0 aliphatic carbocycles. The molecule has 20 heavy (non-hydrogen) atoms. The molecule has 1 aromatic carbocycles. The number of hydrogen-bond donors (Lipinski definition) is 0. The summed E-state index contributed by atoms with van der Waals surface area (Å²) in [5.74, 6) is 0. The van der Waals surface area contributed by atoms with Crippen molar-refractivity contribution >= 4 is 11.8 Å². The summed E-state index contributed by atoms with van der Waals surface area (Å²) in [6.07, 6.45) is -7.14. The molecule has 0 radical (unpaired) electrons. The zero-order chi connectivity index (χ0) is 14.9. The lowest BCUT2D eigenvalue weighted by Crippen LogP contribution is -2.04. The Labute approximate surface area is 115 Å². The topological polar surface area (TPSA) is 17.8 Å². The van der Waals surface area contributed by atoms with E-state index in [0.717, 1.165) is 30.0 Å². The molecule has 108 valence electrons. The molecular formula is C12H9F5N2S. The van der Waals surface area contributed by atoms with E-state index in [1.807, 2.05) is 0 Å². The molecule has 0 aliphatic rings. The van der Waals surface area contributed by atoms with Gasteiger partial charge in [-0.3, -0.25) is 4.68 Å². The lowest BCUT2D eigenvalue weighted by molar-refractivity contribution is -0.137. The van der Waals surface area contributed by atoms with Crippen LogP contribution in [-0.4, -0.2) is 9.78 Å². The van der Waals surface area contributed by atoms with Gasteiger partial charge in [-0.25, -0.2) is 8.78 Å². The van der Waals surface area contributed by atoms with E-state index in [1.165, 1.54) is 23.9 Å². The predicted octanol–water partition coefficient (Wildman–Crippen LogP) is 4.53.